The summed E-state index contributed by atoms with van der Waals surface area (Å²) >= 11 is 0. The van der Waals surface area contributed by atoms with Gasteiger partial charge in [0.2, 0.25) is 5.91 Å². The van der Waals surface area contributed by atoms with Crippen LogP contribution in [0, 0.1) is 0 Å². The van der Waals surface area contributed by atoms with Gasteiger partial charge in [0.1, 0.15) is 6.04 Å². The molecule has 0 aliphatic heterocycles. The van der Waals surface area contributed by atoms with E-state index in [1.807, 2.05) is 6.92 Å². The molecule has 2 unspecified atom stereocenters. The predicted octanol–water partition coefficient (Wildman–Crippen LogP) is 1.05. The van der Waals surface area contributed by atoms with Gasteiger partial charge in [0, 0.05) is 25.9 Å². The van der Waals surface area contributed by atoms with E-state index in [0.29, 0.717) is 6.42 Å². The second-order valence-corrected chi connectivity index (χ2v) is 5.12. The fourth-order valence-corrected chi connectivity index (χ4v) is 2.09. The lowest BCUT2D eigenvalue weighted by atomic mass is 10.0. The van der Waals surface area contributed by atoms with Crippen molar-refractivity contribution in [3.8, 4) is 0 Å². The molecule has 3 N–H and O–H groups in total. The number of hydrogen-bond acceptors (Lipinski definition) is 4. The average molecular weight is 293 g/mol. The van der Waals surface area contributed by atoms with Gasteiger partial charge in [-0.15, -0.1) is 0 Å². The second kappa shape index (κ2) is 8.36. The molecule has 0 aliphatic rings. The van der Waals surface area contributed by atoms with Crippen molar-refractivity contribution in [2.45, 2.75) is 44.7 Å². The van der Waals surface area contributed by atoms with Gasteiger partial charge in [0.15, 0.2) is 0 Å². The van der Waals surface area contributed by atoms with Gasteiger partial charge in [0.05, 0.1) is 6.04 Å². The normalized spacial score (nSPS) is 13.5. The standard InChI is InChI=1S/C15H23N3O3/c1-3-4-7-12(16)14(19)18(2)13(15(20)21)9-11-6-5-8-17-10-11/h5-6,8,10,12-13H,3-4,7,9,16H2,1-2H3,(H,20,21). The number of unbranched alkanes of at least 4 members (excludes halogenated alkanes) is 1. The molecule has 0 radical (unpaired) electrons. The number of aromatic nitrogens is 1. The van der Waals surface area contributed by atoms with Crippen molar-refractivity contribution in [3.05, 3.63) is 30.1 Å². The highest BCUT2D eigenvalue weighted by atomic mass is 16.4. The summed E-state index contributed by atoms with van der Waals surface area (Å²) in [6, 6.07) is 1.95. The number of carbonyl (C=O) groups excluding carboxylic acids is 1. The zero-order chi connectivity index (χ0) is 15.8. The number of carbonyl (C=O) groups is 2. The Bertz CT molecular complexity index is 464. The Labute approximate surface area is 125 Å². The van der Waals surface area contributed by atoms with E-state index in [0.717, 1.165) is 18.4 Å². The van der Waals surface area contributed by atoms with Crippen LogP contribution in [-0.2, 0) is 16.0 Å². The van der Waals surface area contributed by atoms with Crippen LogP contribution in [-0.4, -0.2) is 46.0 Å². The number of carboxylic acid groups (broad SMARTS) is 1. The Balaban J connectivity index is 2.75. The van der Waals surface area contributed by atoms with Crippen LogP contribution in [0.5, 0.6) is 0 Å². The smallest absolute Gasteiger partial charge is 0.326 e. The number of rotatable bonds is 8. The molecule has 116 valence electrons. The van der Waals surface area contributed by atoms with Crippen LogP contribution in [0.15, 0.2) is 24.5 Å². The lowest BCUT2D eigenvalue weighted by Crippen LogP contribution is -2.50. The minimum absolute atomic E-state index is 0.214. The molecule has 6 heteroatoms. The van der Waals surface area contributed by atoms with Crippen LogP contribution in [0.25, 0.3) is 0 Å². The van der Waals surface area contributed by atoms with Crippen molar-refractivity contribution in [2.75, 3.05) is 7.05 Å². The third kappa shape index (κ3) is 5.15. The average Bonchev–Trinajstić information content (AvgIpc) is 2.49. The zero-order valence-corrected chi connectivity index (χ0v) is 12.5. The molecule has 0 saturated heterocycles. The van der Waals surface area contributed by atoms with Crippen LogP contribution in [0.3, 0.4) is 0 Å². The molecule has 0 saturated carbocycles. The molecule has 1 aromatic heterocycles. The molecule has 1 heterocycles. The molecule has 0 aromatic carbocycles. The first kappa shape index (κ1) is 17.1. The maximum absolute atomic E-state index is 12.2. The summed E-state index contributed by atoms with van der Waals surface area (Å²) in [6.45, 7) is 2.02. The molecule has 0 aliphatic carbocycles. The summed E-state index contributed by atoms with van der Waals surface area (Å²) in [5.74, 6) is -1.38. The maximum Gasteiger partial charge on any atom is 0.326 e. The molecule has 6 nitrogen and oxygen atoms in total. The lowest BCUT2D eigenvalue weighted by molar-refractivity contribution is -0.149. The van der Waals surface area contributed by atoms with Crippen LogP contribution < -0.4 is 5.73 Å². The number of nitrogens with zero attached hydrogens (tertiary/aromatic N) is 2. The quantitative estimate of drug-likeness (QED) is 0.747. The van der Waals surface area contributed by atoms with E-state index in [1.54, 1.807) is 24.5 Å². The molecule has 21 heavy (non-hydrogen) atoms. The summed E-state index contributed by atoms with van der Waals surface area (Å²) in [4.78, 5) is 28.8. The molecular weight excluding hydrogens is 270 g/mol. The molecule has 0 fully saturated rings. The van der Waals surface area contributed by atoms with Gasteiger partial charge in [-0.2, -0.15) is 0 Å². The Morgan fingerprint density at radius 2 is 2.19 bits per heavy atom. The minimum atomic E-state index is -1.04. The van der Waals surface area contributed by atoms with Crippen LogP contribution in [0.1, 0.15) is 31.7 Å². The predicted molar refractivity (Wildman–Crippen MR) is 79.6 cm³/mol. The van der Waals surface area contributed by atoms with Gasteiger partial charge in [-0.25, -0.2) is 4.79 Å². The monoisotopic (exact) mass is 293 g/mol. The first-order valence-corrected chi connectivity index (χ1v) is 7.11. The van der Waals surface area contributed by atoms with Crippen LogP contribution in [0.4, 0.5) is 0 Å². The number of carboxylic acids is 1. The fraction of sp³-hybridized carbons (Fsp3) is 0.533. The van der Waals surface area contributed by atoms with Crippen molar-refractivity contribution >= 4 is 11.9 Å². The highest BCUT2D eigenvalue weighted by Gasteiger charge is 2.29. The first-order chi connectivity index (χ1) is 9.97. The second-order valence-electron chi connectivity index (χ2n) is 5.12. The molecule has 0 spiro atoms. The van der Waals surface area contributed by atoms with Crippen molar-refractivity contribution in [3.63, 3.8) is 0 Å². The summed E-state index contributed by atoms with van der Waals surface area (Å²) in [5, 5.41) is 9.36. The Kier molecular flexibility index (Phi) is 6.81. The summed E-state index contributed by atoms with van der Waals surface area (Å²) in [5.41, 5.74) is 6.61. The molecule has 1 amide bonds. The SMILES string of the molecule is CCCCC(N)C(=O)N(C)C(Cc1cccnc1)C(=O)O. The largest absolute Gasteiger partial charge is 0.480 e. The molecule has 2 atom stereocenters. The topological polar surface area (TPSA) is 96.5 Å². The Morgan fingerprint density at radius 3 is 2.71 bits per heavy atom. The van der Waals surface area contributed by atoms with E-state index in [-0.39, 0.29) is 12.3 Å². The maximum atomic E-state index is 12.2. The van der Waals surface area contributed by atoms with Crippen molar-refractivity contribution < 1.29 is 14.7 Å². The van der Waals surface area contributed by atoms with Gasteiger partial charge in [-0.05, 0) is 18.1 Å². The van der Waals surface area contributed by atoms with Crippen molar-refractivity contribution in [2.24, 2.45) is 5.73 Å². The number of likely N-dealkylation sites (N-methyl/N-ethyl adjacent to an activating group) is 1. The number of amides is 1. The fourth-order valence-electron chi connectivity index (χ4n) is 2.09. The molecule has 1 rings (SSSR count). The molecule has 1 aromatic rings. The first-order valence-electron chi connectivity index (χ1n) is 7.11. The number of aliphatic carboxylic acids is 1. The molecule has 0 bridgehead atoms. The van der Waals surface area contributed by atoms with Crippen LogP contribution in [0.2, 0.25) is 0 Å². The van der Waals surface area contributed by atoms with Gasteiger partial charge < -0.3 is 15.7 Å². The van der Waals surface area contributed by atoms with E-state index in [2.05, 4.69) is 4.98 Å². The number of hydrogen-bond donors (Lipinski definition) is 2. The minimum Gasteiger partial charge on any atom is -0.480 e. The van der Waals surface area contributed by atoms with Crippen LogP contribution >= 0.6 is 0 Å². The van der Waals surface area contributed by atoms with Gasteiger partial charge in [-0.1, -0.05) is 25.8 Å². The highest BCUT2D eigenvalue weighted by molar-refractivity contribution is 5.86. The Morgan fingerprint density at radius 1 is 1.48 bits per heavy atom. The van der Waals surface area contributed by atoms with E-state index >= 15 is 0 Å². The summed E-state index contributed by atoms with van der Waals surface area (Å²) in [7, 11) is 1.49. The van der Waals surface area contributed by atoms with Gasteiger partial charge in [-0.3, -0.25) is 9.78 Å². The van der Waals surface area contributed by atoms with E-state index < -0.39 is 18.1 Å². The van der Waals surface area contributed by atoms with E-state index in [9.17, 15) is 14.7 Å². The third-order valence-corrected chi connectivity index (χ3v) is 3.44. The van der Waals surface area contributed by atoms with E-state index in [1.165, 1.54) is 11.9 Å². The molecular formula is C15H23N3O3. The van der Waals surface area contributed by atoms with E-state index in [4.69, 9.17) is 5.73 Å². The lowest BCUT2D eigenvalue weighted by Gasteiger charge is -2.27. The third-order valence-electron chi connectivity index (χ3n) is 3.44. The Hall–Kier alpha value is -1.95. The summed E-state index contributed by atoms with van der Waals surface area (Å²) in [6.07, 6.45) is 5.80. The van der Waals surface area contributed by atoms with Crippen molar-refractivity contribution in [1.29, 1.82) is 0 Å². The number of nitrogens with two attached hydrogens (primary N) is 1. The van der Waals surface area contributed by atoms with Gasteiger partial charge >= 0.3 is 5.97 Å². The summed E-state index contributed by atoms with van der Waals surface area (Å²) < 4.78 is 0. The van der Waals surface area contributed by atoms with Crippen molar-refractivity contribution in [1.82, 2.24) is 9.88 Å². The zero-order valence-electron chi connectivity index (χ0n) is 12.5. The number of pyridine rings is 1. The van der Waals surface area contributed by atoms with Gasteiger partial charge in [0.25, 0.3) is 0 Å². The highest BCUT2D eigenvalue weighted by Crippen LogP contribution is 2.10.